The van der Waals surface area contributed by atoms with Crippen molar-refractivity contribution in [1.29, 1.82) is 0 Å². The van der Waals surface area contributed by atoms with E-state index in [9.17, 15) is 27.6 Å². The summed E-state index contributed by atoms with van der Waals surface area (Å²) in [5.74, 6) is 0.0793. The third-order valence-corrected chi connectivity index (χ3v) is 8.54. The van der Waals surface area contributed by atoms with E-state index in [1.807, 2.05) is 17.9 Å². The first kappa shape index (κ1) is 34.3. The molecule has 0 aromatic carbocycles. The number of aromatic nitrogens is 7. The molecule has 0 aliphatic carbocycles. The van der Waals surface area contributed by atoms with Crippen LogP contribution in [-0.2, 0) is 28.7 Å². The summed E-state index contributed by atoms with van der Waals surface area (Å²) < 4.78 is 53.4. The molecular formula is C32H35F3N10O5. The van der Waals surface area contributed by atoms with Gasteiger partial charge in [-0.1, -0.05) is 6.92 Å². The number of allylic oxidation sites excluding steroid dienone is 1. The number of ether oxygens (including phenoxy) is 2. The summed E-state index contributed by atoms with van der Waals surface area (Å²) in [6, 6.07) is 1.95. The molecule has 2 amide bonds. The Morgan fingerprint density at radius 3 is 2.46 bits per heavy atom. The molecule has 1 N–H and O–H groups in total. The second-order valence-electron chi connectivity index (χ2n) is 11.7. The lowest BCUT2D eigenvalue weighted by Gasteiger charge is -2.36. The first-order valence-corrected chi connectivity index (χ1v) is 16.0. The Kier molecular flexibility index (Phi) is 9.44. The van der Waals surface area contributed by atoms with Crippen LogP contribution in [0.25, 0.3) is 11.5 Å². The number of anilines is 2. The Bertz CT molecular complexity index is 2050. The molecule has 2 aliphatic rings. The largest absolute Gasteiger partial charge is 0.492 e. The summed E-state index contributed by atoms with van der Waals surface area (Å²) in [5.41, 5.74) is 0.0193. The second kappa shape index (κ2) is 13.8. The van der Waals surface area contributed by atoms with Gasteiger partial charge >= 0.3 is 6.18 Å². The minimum Gasteiger partial charge on any atom is -0.492 e. The van der Waals surface area contributed by atoms with E-state index in [1.54, 1.807) is 16.4 Å². The number of carbonyl (C=O) groups excluding carboxylic acids is 2. The standard InChI is InChI=1S/C32H35F3N10O5/c1-5-21-26(42-11-13-43(14-12-42)29(47)25-27(49-4)19(3)36-17-37-25)30(48)45-31(40-28(41-45)22-8-6-7-15-50-22)44(21)16-24(46)39-20-9-10-23(32(33,34)35)38-18(20)2/h8-10,17H,5-7,11-16H2,1-4H3,(H,39,46). The van der Waals surface area contributed by atoms with E-state index in [4.69, 9.17) is 9.47 Å². The lowest BCUT2D eigenvalue weighted by atomic mass is 10.2. The molecule has 50 heavy (non-hydrogen) atoms. The Balaban J connectivity index is 1.34. The zero-order valence-corrected chi connectivity index (χ0v) is 27.9. The van der Waals surface area contributed by atoms with Gasteiger partial charge in [0.15, 0.2) is 17.2 Å². The van der Waals surface area contributed by atoms with Crippen molar-refractivity contribution >= 4 is 34.7 Å². The third kappa shape index (κ3) is 6.56. The molecular weight excluding hydrogens is 661 g/mol. The Labute approximate surface area is 283 Å². The maximum atomic E-state index is 14.2. The molecule has 4 aromatic heterocycles. The quantitative estimate of drug-likeness (QED) is 0.288. The van der Waals surface area contributed by atoms with Gasteiger partial charge in [-0.2, -0.15) is 22.7 Å². The zero-order valence-electron chi connectivity index (χ0n) is 27.9. The highest BCUT2D eigenvalue weighted by molar-refractivity contribution is 5.95. The third-order valence-electron chi connectivity index (χ3n) is 8.54. The predicted octanol–water partition coefficient (Wildman–Crippen LogP) is 3.04. The smallest absolute Gasteiger partial charge is 0.433 e. The van der Waals surface area contributed by atoms with Crippen molar-refractivity contribution in [1.82, 2.24) is 39.0 Å². The van der Waals surface area contributed by atoms with Gasteiger partial charge in [-0.05, 0) is 51.3 Å². The van der Waals surface area contributed by atoms with E-state index >= 15 is 0 Å². The van der Waals surface area contributed by atoms with E-state index in [2.05, 4.69) is 30.4 Å². The lowest BCUT2D eigenvalue weighted by Crippen LogP contribution is -2.51. The van der Waals surface area contributed by atoms with Crippen LogP contribution in [-0.4, -0.2) is 90.7 Å². The number of nitrogens with zero attached hydrogens (tertiary/aromatic N) is 9. The maximum absolute atomic E-state index is 14.2. The monoisotopic (exact) mass is 696 g/mol. The molecule has 0 unspecified atom stereocenters. The van der Waals surface area contributed by atoms with Crippen molar-refractivity contribution in [3.63, 3.8) is 0 Å². The number of hydrogen-bond acceptors (Lipinski definition) is 11. The number of aryl methyl sites for hydroxylation is 2. The molecule has 0 saturated carbocycles. The molecule has 6 heterocycles. The lowest BCUT2D eigenvalue weighted by molar-refractivity contribution is -0.141. The summed E-state index contributed by atoms with van der Waals surface area (Å²) in [4.78, 5) is 61.0. The molecule has 1 saturated heterocycles. The van der Waals surface area contributed by atoms with Crippen LogP contribution < -0.4 is 20.5 Å². The number of carbonyl (C=O) groups is 2. The fourth-order valence-electron chi connectivity index (χ4n) is 6.07. The molecule has 1 fully saturated rings. The van der Waals surface area contributed by atoms with Crippen LogP contribution in [0.3, 0.4) is 0 Å². The number of nitrogens with one attached hydrogen (secondary N) is 1. The molecule has 15 nitrogen and oxygen atoms in total. The van der Waals surface area contributed by atoms with Crippen LogP contribution in [0.2, 0.25) is 0 Å². The van der Waals surface area contributed by atoms with Gasteiger partial charge in [-0.15, -0.1) is 5.10 Å². The number of fused-ring (bicyclic) bond motifs is 1. The predicted molar refractivity (Wildman–Crippen MR) is 174 cm³/mol. The average Bonchev–Trinajstić information content (AvgIpc) is 3.56. The minimum atomic E-state index is -4.63. The van der Waals surface area contributed by atoms with E-state index < -0.39 is 23.3 Å². The van der Waals surface area contributed by atoms with Crippen LogP contribution >= 0.6 is 0 Å². The van der Waals surface area contributed by atoms with Gasteiger partial charge < -0.3 is 29.2 Å². The van der Waals surface area contributed by atoms with Crippen LogP contribution in [0.15, 0.2) is 29.3 Å². The number of rotatable bonds is 8. The summed E-state index contributed by atoms with van der Waals surface area (Å²) in [6.07, 6.45) is 0.389. The summed E-state index contributed by atoms with van der Waals surface area (Å²) in [6.45, 7) is 6.12. The van der Waals surface area contributed by atoms with Crippen molar-refractivity contribution < 1.29 is 32.2 Å². The second-order valence-corrected chi connectivity index (χ2v) is 11.7. The molecule has 4 aromatic rings. The summed E-state index contributed by atoms with van der Waals surface area (Å²) >= 11 is 0. The molecule has 18 heteroatoms. The normalized spacial score (nSPS) is 15.1. The van der Waals surface area contributed by atoms with Crippen molar-refractivity contribution in [3.8, 4) is 5.75 Å². The topological polar surface area (TPSA) is 162 Å². The van der Waals surface area contributed by atoms with E-state index in [1.165, 1.54) is 20.4 Å². The first-order valence-electron chi connectivity index (χ1n) is 16.0. The van der Waals surface area contributed by atoms with Gasteiger partial charge in [-0.3, -0.25) is 14.4 Å². The van der Waals surface area contributed by atoms with Crippen LogP contribution in [0.5, 0.6) is 5.75 Å². The molecule has 0 spiro atoms. The van der Waals surface area contributed by atoms with Gasteiger partial charge in [0.2, 0.25) is 17.5 Å². The van der Waals surface area contributed by atoms with Crippen molar-refractivity contribution in [2.75, 3.05) is 50.1 Å². The van der Waals surface area contributed by atoms with Gasteiger partial charge in [0.1, 0.15) is 24.3 Å². The Morgan fingerprint density at radius 1 is 1.06 bits per heavy atom. The summed E-state index contributed by atoms with van der Waals surface area (Å²) in [7, 11) is 1.45. The number of pyridine rings is 1. The molecule has 264 valence electrons. The molecule has 2 aliphatic heterocycles. The zero-order chi connectivity index (χ0) is 35.7. The number of alkyl halides is 3. The van der Waals surface area contributed by atoms with Crippen LogP contribution in [0.4, 0.5) is 24.5 Å². The van der Waals surface area contributed by atoms with Gasteiger partial charge in [-0.25, -0.2) is 15.0 Å². The minimum absolute atomic E-state index is 0.0112. The SMILES string of the molecule is CCc1c(N2CCN(C(=O)c3ncnc(C)c3OC)CC2)c(=O)n2nc(C3=CCCCO3)nc2n1CC(=O)Nc1ccc(C(F)(F)F)nc1C. The van der Waals surface area contributed by atoms with Crippen molar-refractivity contribution in [3.05, 3.63) is 69.2 Å². The van der Waals surface area contributed by atoms with Crippen LogP contribution in [0, 0.1) is 13.8 Å². The Hall–Kier alpha value is -5.55. The average molecular weight is 697 g/mol. The highest BCUT2D eigenvalue weighted by Crippen LogP contribution is 2.30. The van der Waals surface area contributed by atoms with Gasteiger partial charge in [0, 0.05) is 26.2 Å². The van der Waals surface area contributed by atoms with E-state index in [-0.39, 0.29) is 73.0 Å². The molecule has 0 bridgehead atoms. The number of methoxy groups -OCH3 is 1. The fourth-order valence-corrected chi connectivity index (χ4v) is 6.07. The van der Waals surface area contributed by atoms with Gasteiger partial charge in [0.05, 0.1) is 36.5 Å². The highest BCUT2D eigenvalue weighted by atomic mass is 19.4. The number of halogens is 3. The van der Waals surface area contributed by atoms with Crippen LogP contribution in [0.1, 0.15) is 58.9 Å². The van der Waals surface area contributed by atoms with Gasteiger partial charge in [0.25, 0.3) is 11.5 Å². The first-order chi connectivity index (χ1) is 23.9. The number of piperazine rings is 1. The van der Waals surface area contributed by atoms with Crippen molar-refractivity contribution in [2.45, 2.75) is 52.8 Å². The number of amides is 2. The molecule has 6 rings (SSSR count). The maximum Gasteiger partial charge on any atom is 0.433 e. The highest BCUT2D eigenvalue weighted by Gasteiger charge is 2.33. The van der Waals surface area contributed by atoms with Crippen molar-refractivity contribution in [2.24, 2.45) is 0 Å². The van der Waals surface area contributed by atoms with E-state index in [0.717, 1.165) is 29.5 Å². The fraction of sp³-hybridized carbons (Fsp3) is 0.438. The molecule has 0 radical (unpaired) electrons. The molecule has 0 atom stereocenters. The Morgan fingerprint density at radius 2 is 1.82 bits per heavy atom. The summed E-state index contributed by atoms with van der Waals surface area (Å²) in [5, 5.41) is 7.13. The van der Waals surface area contributed by atoms with E-state index in [0.29, 0.717) is 35.9 Å². The number of hydrogen-bond donors (Lipinski definition) is 1.